The van der Waals surface area contributed by atoms with Crippen LogP contribution in [-0.4, -0.2) is 18.4 Å². The van der Waals surface area contributed by atoms with Crippen molar-refractivity contribution in [1.29, 1.82) is 0 Å². The summed E-state index contributed by atoms with van der Waals surface area (Å²) in [5.74, 6) is -1.38. The molecule has 0 fully saturated rings. The van der Waals surface area contributed by atoms with Gasteiger partial charge in [-0.1, -0.05) is 6.08 Å². The molecule has 0 aliphatic heterocycles. The van der Waals surface area contributed by atoms with E-state index in [2.05, 4.69) is 11.9 Å². The number of nitrogen functional groups attached to an aromatic ring is 1. The smallest absolute Gasteiger partial charge is 0.260 e. The Morgan fingerprint density at radius 1 is 1.38 bits per heavy atom. The zero-order valence-corrected chi connectivity index (χ0v) is 9.26. The second-order valence-corrected chi connectivity index (χ2v) is 3.97. The van der Waals surface area contributed by atoms with Gasteiger partial charge in [0.15, 0.2) is 0 Å². The molecule has 6 nitrogen and oxygen atoms in total. The highest BCUT2D eigenvalue weighted by molar-refractivity contribution is 7.19. The Labute approximate surface area is 96.1 Å². The number of primary amides is 2. The maximum absolute atomic E-state index is 11.2. The van der Waals surface area contributed by atoms with Crippen LogP contribution in [0.25, 0.3) is 0 Å². The first kappa shape index (κ1) is 12.1. The van der Waals surface area contributed by atoms with Crippen molar-refractivity contribution in [2.75, 3.05) is 17.6 Å². The lowest BCUT2D eigenvalue weighted by atomic mass is 10.2. The molecular weight excluding hydrogens is 228 g/mol. The van der Waals surface area contributed by atoms with Gasteiger partial charge in [0.25, 0.3) is 11.8 Å². The summed E-state index contributed by atoms with van der Waals surface area (Å²) in [5.41, 5.74) is 16.0. The van der Waals surface area contributed by atoms with Gasteiger partial charge in [-0.3, -0.25) is 9.59 Å². The molecule has 0 aromatic carbocycles. The Morgan fingerprint density at radius 3 is 2.44 bits per heavy atom. The minimum absolute atomic E-state index is 0.0246. The number of anilines is 2. The number of rotatable bonds is 5. The predicted octanol–water partition coefficient (Wildman–Crippen LogP) is 0.126. The molecule has 1 heterocycles. The lowest BCUT2D eigenvalue weighted by Gasteiger charge is -2.01. The maximum atomic E-state index is 11.2. The van der Waals surface area contributed by atoms with E-state index in [-0.39, 0.29) is 16.1 Å². The molecule has 0 unspecified atom stereocenters. The first-order chi connectivity index (χ1) is 7.49. The monoisotopic (exact) mass is 240 g/mol. The average Bonchev–Trinajstić information content (AvgIpc) is 2.52. The molecular formula is C9H12N4O2S. The standard InChI is InChI=1S/C9H12N4O2S/c1-2-3-13-9-4(7(11)14)5(10)6(16-9)8(12)15/h2,13H,1,3,10H2,(H2,11,14)(H2,12,15). The minimum atomic E-state index is -0.701. The number of thiophene rings is 1. The molecule has 1 aromatic rings. The van der Waals surface area contributed by atoms with Crippen LogP contribution in [-0.2, 0) is 0 Å². The fraction of sp³-hybridized carbons (Fsp3) is 0.111. The van der Waals surface area contributed by atoms with E-state index in [4.69, 9.17) is 17.2 Å². The zero-order chi connectivity index (χ0) is 12.3. The summed E-state index contributed by atoms with van der Waals surface area (Å²) >= 11 is 1.00. The zero-order valence-electron chi connectivity index (χ0n) is 8.45. The van der Waals surface area contributed by atoms with Gasteiger partial charge in [0.05, 0.1) is 11.3 Å². The maximum Gasteiger partial charge on any atom is 0.260 e. The van der Waals surface area contributed by atoms with E-state index in [1.807, 2.05) is 0 Å². The Hall–Kier alpha value is -2.02. The number of nitrogens with two attached hydrogens (primary N) is 3. The molecule has 7 heteroatoms. The van der Waals surface area contributed by atoms with E-state index in [0.29, 0.717) is 11.5 Å². The van der Waals surface area contributed by atoms with Gasteiger partial charge >= 0.3 is 0 Å². The fourth-order valence-corrected chi connectivity index (χ4v) is 2.15. The molecule has 16 heavy (non-hydrogen) atoms. The van der Waals surface area contributed by atoms with Crippen LogP contribution in [0.1, 0.15) is 20.0 Å². The van der Waals surface area contributed by atoms with Gasteiger partial charge in [-0.05, 0) is 0 Å². The highest BCUT2D eigenvalue weighted by atomic mass is 32.1. The summed E-state index contributed by atoms with van der Waals surface area (Å²) in [6, 6.07) is 0. The molecule has 0 spiro atoms. The van der Waals surface area contributed by atoms with E-state index >= 15 is 0 Å². The topological polar surface area (TPSA) is 124 Å². The SMILES string of the molecule is C=CCNc1sc(C(N)=O)c(N)c1C(N)=O. The number of carbonyl (C=O) groups is 2. The van der Waals surface area contributed by atoms with Crippen molar-refractivity contribution >= 4 is 33.8 Å². The van der Waals surface area contributed by atoms with Crippen LogP contribution in [0.4, 0.5) is 10.7 Å². The molecule has 0 saturated carbocycles. The number of amides is 2. The van der Waals surface area contributed by atoms with Crippen LogP contribution in [0.2, 0.25) is 0 Å². The van der Waals surface area contributed by atoms with Crippen LogP contribution >= 0.6 is 11.3 Å². The number of nitrogens with one attached hydrogen (secondary N) is 1. The second-order valence-electron chi connectivity index (χ2n) is 2.95. The van der Waals surface area contributed by atoms with Crippen LogP contribution in [0.3, 0.4) is 0 Å². The molecule has 86 valence electrons. The average molecular weight is 240 g/mol. The summed E-state index contributed by atoms with van der Waals surface area (Å²) in [4.78, 5) is 22.3. The van der Waals surface area contributed by atoms with Gasteiger partial charge in [0.2, 0.25) is 0 Å². The molecule has 7 N–H and O–H groups in total. The highest BCUT2D eigenvalue weighted by Gasteiger charge is 2.22. The van der Waals surface area contributed by atoms with Crippen molar-refractivity contribution in [3.05, 3.63) is 23.1 Å². The van der Waals surface area contributed by atoms with Crippen LogP contribution in [0.5, 0.6) is 0 Å². The first-order valence-corrected chi connectivity index (χ1v) is 5.17. The number of carbonyl (C=O) groups excluding carboxylic acids is 2. The van der Waals surface area contributed by atoms with E-state index < -0.39 is 11.8 Å². The first-order valence-electron chi connectivity index (χ1n) is 4.35. The van der Waals surface area contributed by atoms with Gasteiger partial charge in [0, 0.05) is 6.54 Å². The van der Waals surface area contributed by atoms with Crippen molar-refractivity contribution in [3.63, 3.8) is 0 Å². The normalized spacial score (nSPS) is 9.75. The molecule has 1 aromatic heterocycles. The van der Waals surface area contributed by atoms with Gasteiger partial charge in [-0.25, -0.2) is 0 Å². The Morgan fingerprint density at radius 2 is 2.00 bits per heavy atom. The Kier molecular flexibility index (Phi) is 3.51. The van der Waals surface area contributed by atoms with Gasteiger partial charge < -0.3 is 22.5 Å². The molecule has 1 rings (SSSR count). The lowest BCUT2D eigenvalue weighted by molar-refractivity contribution is 0.0999. The third kappa shape index (κ3) is 2.14. The molecule has 0 bridgehead atoms. The summed E-state index contributed by atoms with van der Waals surface area (Å²) in [6.07, 6.45) is 1.60. The largest absolute Gasteiger partial charge is 0.397 e. The van der Waals surface area contributed by atoms with Crippen LogP contribution in [0.15, 0.2) is 12.7 Å². The summed E-state index contributed by atoms with van der Waals surface area (Å²) in [6.45, 7) is 3.95. The highest BCUT2D eigenvalue weighted by Crippen LogP contribution is 2.34. The number of hydrogen-bond acceptors (Lipinski definition) is 5. The Balaban J connectivity index is 3.25. The Bertz CT molecular complexity index is 453. The molecule has 0 saturated heterocycles. The number of hydrogen-bond donors (Lipinski definition) is 4. The van der Waals surface area contributed by atoms with E-state index in [1.165, 1.54) is 0 Å². The summed E-state index contributed by atoms with van der Waals surface area (Å²) in [5, 5.41) is 3.30. The van der Waals surface area contributed by atoms with E-state index in [1.54, 1.807) is 6.08 Å². The van der Waals surface area contributed by atoms with Crippen molar-refractivity contribution in [2.45, 2.75) is 0 Å². The van der Waals surface area contributed by atoms with Gasteiger partial charge in [-0.15, -0.1) is 17.9 Å². The third-order valence-corrected chi connectivity index (χ3v) is 3.00. The van der Waals surface area contributed by atoms with Crippen molar-refractivity contribution < 1.29 is 9.59 Å². The quantitative estimate of drug-likeness (QED) is 0.546. The molecule has 0 radical (unpaired) electrons. The molecule has 2 amide bonds. The van der Waals surface area contributed by atoms with E-state index in [9.17, 15) is 9.59 Å². The minimum Gasteiger partial charge on any atom is -0.397 e. The third-order valence-electron chi connectivity index (χ3n) is 1.82. The van der Waals surface area contributed by atoms with Crippen LogP contribution in [0, 0.1) is 0 Å². The summed E-state index contributed by atoms with van der Waals surface area (Å²) < 4.78 is 0. The molecule has 0 aliphatic rings. The van der Waals surface area contributed by atoms with Crippen molar-refractivity contribution in [3.8, 4) is 0 Å². The van der Waals surface area contributed by atoms with Gasteiger partial charge in [-0.2, -0.15) is 0 Å². The van der Waals surface area contributed by atoms with Crippen molar-refractivity contribution in [1.82, 2.24) is 0 Å². The molecule has 0 aliphatic carbocycles. The second kappa shape index (κ2) is 4.67. The predicted molar refractivity (Wildman–Crippen MR) is 64.5 cm³/mol. The lowest BCUT2D eigenvalue weighted by Crippen LogP contribution is -2.16. The molecule has 0 atom stereocenters. The van der Waals surface area contributed by atoms with Crippen molar-refractivity contribution in [2.24, 2.45) is 11.5 Å². The van der Waals surface area contributed by atoms with Crippen LogP contribution < -0.4 is 22.5 Å². The summed E-state index contributed by atoms with van der Waals surface area (Å²) in [7, 11) is 0. The van der Waals surface area contributed by atoms with E-state index in [0.717, 1.165) is 11.3 Å². The fourth-order valence-electron chi connectivity index (χ4n) is 1.16. The van der Waals surface area contributed by atoms with Gasteiger partial charge in [0.1, 0.15) is 9.88 Å².